The van der Waals surface area contributed by atoms with Crippen LogP contribution in [-0.2, 0) is 10.0 Å². The van der Waals surface area contributed by atoms with Crippen molar-refractivity contribution in [2.75, 3.05) is 10.5 Å². The maximum absolute atomic E-state index is 12.0. The van der Waals surface area contributed by atoms with E-state index in [0.717, 1.165) is 25.7 Å². The first kappa shape index (κ1) is 12.9. The standard InChI is InChI=1S/C11H16N4O2S/c12-6-10-7-13-14-11(10)15-18(16,17)8-9-4-2-1-3-5-9/h7,9H,1-5,8H2,(H2,13,14,15). The molecule has 2 N–H and O–H groups in total. The highest BCUT2D eigenvalue weighted by atomic mass is 32.2. The molecule has 0 bridgehead atoms. The zero-order valence-electron chi connectivity index (χ0n) is 10.0. The fourth-order valence-corrected chi connectivity index (χ4v) is 3.81. The zero-order chi connectivity index (χ0) is 13.0. The zero-order valence-corrected chi connectivity index (χ0v) is 10.8. The van der Waals surface area contributed by atoms with Gasteiger partial charge in [-0.05, 0) is 18.8 Å². The molecular weight excluding hydrogens is 252 g/mol. The topological polar surface area (TPSA) is 98.6 Å². The molecular formula is C11H16N4O2S. The smallest absolute Gasteiger partial charge is 0.234 e. The Balaban J connectivity index is 2.01. The van der Waals surface area contributed by atoms with Crippen LogP contribution >= 0.6 is 0 Å². The molecule has 0 saturated heterocycles. The molecule has 1 aliphatic carbocycles. The number of nitriles is 1. The van der Waals surface area contributed by atoms with E-state index in [1.807, 2.05) is 6.07 Å². The number of rotatable bonds is 4. The first-order valence-corrected chi connectivity index (χ1v) is 7.70. The Morgan fingerprint density at radius 3 is 2.83 bits per heavy atom. The van der Waals surface area contributed by atoms with Gasteiger partial charge in [0.15, 0.2) is 5.82 Å². The number of nitrogens with one attached hydrogen (secondary N) is 2. The van der Waals surface area contributed by atoms with Crippen LogP contribution in [0.25, 0.3) is 0 Å². The Hall–Kier alpha value is -1.55. The van der Waals surface area contributed by atoms with Gasteiger partial charge in [0.05, 0.1) is 11.9 Å². The number of aromatic amines is 1. The van der Waals surface area contributed by atoms with Crippen LogP contribution in [-0.4, -0.2) is 24.4 Å². The van der Waals surface area contributed by atoms with Crippen molar-refractivity contribution in [3.05, 3.63) is 11.8 Å². The van der Waals surface area contributed by atoms with Gasteiger partial charge in [-0.1, -0.05) is 19.3 Å². The van der Waals surface area contributed by atoms with Gasteiger partial charge in [-0.3, -0.25) is 9.82 Å². The predicted molar refractivity (Wildman–Crippen MR) is 67.3 cm³/mol. The van der Waals surface area contributed by atoms with Crippen molar-refractivity contribution in [2.45, 2.75) is 32.1 Å². The number of hydrogen-bond donors (Lipinski definition) is 2. The minimum atomic E-state index is -3.41. The third-order valence-corrected chi connectivity index (χ3v) is 4.62. The van der Waals surface area contributed by atoms with E-state index in [1.54, 1.807) is 0 Å². The second kappa shape index (κ2) is 5.40. The highest BCUT2D eigenvalue weighted by Gasteiger charge is 2.22. The predicted octanol–water partition coefficient (Wildman–Crippen LogP) is 1.60. The summed E-state index contributed by atoms with van der Waals surface area (Å²) >= 11 is 0. The maximum Gasteiger partial charge on any atom is 0.234 e. The van der Waals surface area contributed by atoms with Crippen LogP contribution in [0.1, 0.15) is 37.7 Å². The van der Waals surface area contributed by atoms with Gasteiger partial charge >= 0.3 is 0 Å². The van der Waals surface area contributed by atoms with Crippen LogP contribution < -0.4 is 4.72 Å². The summed E-state index contributed by atoms with van der Waals surface area (Å²) in [5.74, 6) is 0.509. The minimum Gasteiger partial charge on any atom is -0.267 e. The Labute approximate surface area is 106 Å². The Bertz CT molecular complexity index is 538. The first-order chi connectivity index (χ1) is 8.61. The third-order valence-electron chi connectivity index (χ3n) is 3.20. The summed E-state index contributed by atoms with van der Waals surface area (Å²) in [6.07, 6.45) is 6.65. The first-order valence-electron chi connectivity index (χ1n) is 6.04. The van der Waals surface area contributed by atoms with Gasteiger partial charge in [0.25, 0.3) is 0 Å². The Kier molecular flexibility index (Phi) is 3.87. The highest BCUT2D eigenvalue weighted by Crippen LogP contribution is 2.25. The number of hydrogen-bond acceptors (Lipinski definition) is 4. The monoisotopic (exact) mass is 268 g/mol. The normalized spacial score (nSPS) is 17.3. The van der Waals surface area contributed by atoms with Crippen LogP contribution in [0.15, 0.2) is 6.20 Å². The van der Waals surface area contributed by atoms with E-state index in [1.165, 1.54) is 12.6 Å². The molecule has 1 aromatic rings. The molecule has 0 aromatic carbocycles. The van der Waals surface area contributed by atoms with Crippen molar-refractivity contribution in [2.24, 2.45) is 5.92 Å². The fraction of sp³-hybridized carbons (Fsp3) is 0.636. The average molecular weight is 268 g/mol. The molecule has 2 rings (SSSR count). The lowest BCUT2D eigenvalue weighted by Crippen LogP contribution is -2.24. The number of aromatic nitrogens is 2. The van der Waals surface area contributed by atoms with Crippen LogP contribution in [0.2, 0.25) is 0 Å². The third kappa shape index (κ3) is 3.23. The van der Waals surface area contributed by atoms with Crippen LogP contribution in [0.4, 0.5) is 5.82 Å². The van der Waals surface area contributed by atoms with Gasteiger partial charge in [-0.2, -0.15) is 10.4 Å². The largest absolute Gasteiger partial charge is 0.267 e. The molecule has 1 heterocycles. The molecule has 0 atom stereocenters. The maximum atomic E-state index is 12.0. The fourth-order valence-electron chi connectivity index (χ4n) is 2.31. The molecule has 0 aliphatic heterocycles. The summed E-state index contributed by atoms with van der Waals surface area (Å²) < 4.78 is 26.3. The molecule has 1 saturated carbocycles. The summed E-state index contributed by atoms with van der Waals surface area (Å²) in [5.41, 5.74) is 0.210. The molecule has 98 valence electrons. The van der Waals surface area contributed by atoms with E-state index >= 15 is 0 Å². The Morgan fingerprint density at radius 1 is 1.44 bits per heavy atom. The molecule has 7 heteroatoms. The number of sulfonamides is 1. The van der Waals surface area contributed by atoms with E-state index in [2.05, 4.69) is 14.9 Å². The second-order valence-electron chi connectivity index (χ2n) is 4.66. The summed E-state index contributed by atoms with van der Waals surface area (Å²) in [6, 6.07) is 1.88. The Morgan fingerprint density at radius 2 is 2.17 bits per heavy atom. The molecule has 6 nitrogen and oxygen atoms in total. The van der Waals surface area contributed by atoms with E-state index in [4.69, 9.17) is 5.26 Å². The quantitative estimate of drug-likeness (QED) is 0.866. The second-order valence-corrected chi connectivity index (χ2v) is 6.42. The van der Waals surface area contributed by atoms with Crippen molar-refractivity contribution in [1.82, 2.24) is 10.2 Å². The van der Waals surface area contributed by atoms with Gasteiger partial charge in [-0.15, -0.1) is 0 Å². The van der Waals surface area contributed by atoms with Crippen molar-refractivity contribution in [3.8, 4) is 6.07 Å². The number of H-pyrrole nitrogens is 1. The lowest BCUT2D eigenvalue weighted by molar-refractivity contribution is 0.385. The van der Waals surface area contributed by atoms with Crippen LogP contribution in [0.5, 0.6) is 0 Å². The SMILES string of the molecule is N#Cc1cn[nH]c1NS(=O)(=O)CC1CCCCC1. The molecule has 18 heavy (non-hydrogen) atoms. The molecule has 0 spiro atoms. The molecule has 0 amide bonds. The minimum absolute atomic E-state index is 0.122. The van der Waals surface area contributed by atoms with Gasteiger partial charge in [0.1, 0.15) is 11.6 Å². The molecule has 1 aliphatic rings. The molecule has 0 radical (unpaired) electrons. The summed E-state index contributed by atoms with van der Waals surface area (Å²) in [4.78, 5) is 0. The molecule has 0 unspecified atom stereocenters. The average Bonchev–Trinajstić information content (AvgIpc) is 2.76. The summed E-state index contributed by atoms with van der Waals surface area (Å²) in [7, 11) is -3.41. The molecule has 1 aromatic heterocycles. The van der Waals surface area contributed by atoms with Gasteiger partial charge in [0.2, 0.25) is 10.0 Å². The van der Waals surface area contributed by atoms with Crippen molar-refractivity contribution in [3.63, 3.8) is 0 Å². The summed E-state index contributed by atoms with van der Waals surface area (Å²) in [6.45, 7) is 0. The van der Waals surface area contributed by atoms with Crippen molar-refractivity contribution in [1.29, 1.82) is 5.26 Å². The van der Waals surface area contributed by atoms with Crippen molar-refractivity contribution >= 4 is 15.8 Å². The number of nitrogens with zero attached hydrogens (tertiary/aromatic N) is 2. The van der Waals surface area contributed by atoms with Crippen LogP contribution in [0.3, 0.4) is 0 Å². The van der Waals surface area contributed by atoms with Gasteiger partial charge < -0.3 is 0 Å². The van der Waals surface area contributed by atoms with E-state index in [9.17, 15) is 8.42 Å². The van der Waals surface area contributed by atoms with Crippen molar-refractivity contribution < 1.29 is 8.42 Å². The van der Waals surface area contributed by atoms with Crippen LogP contribution in [0, 0.1) is 17.2 Å². The lowest BCUT2D eigenvalue weighted by atomic mass is 9.91. The van der Waals surface area contributed by atoms with E-state index in [0.29, 0.717) is 0 Å². The van der Waals surface area contributed by atoms with Gasteiger partial charge in [-0.25, -0.2) is 8.42 Å². The number of anilines is 1. The lowest BCUT2D eigenvalue weighted by Gasteiger charge is -2.21. The van der Waals surface area contributed by atoms with E-state index in [-0.39, 0.29) is 23.1 Å². The van der Waals surface area contributed by atoms with E-state index < -0.39 is 10.0 Å². The highest BCUT2D eigenvalue weighted by molar-refractivity contribution is 7.92. The molecule has 1 fully saturated rings. The summed E-state index contributed by atoms with van der Waals surface area (Å²) in [5, 5.41) is 14.9. The van der Waals surface area contributed by atoms with Gasteiger partial charge in [0, 0.05) is 0 Å².